The molecule has 1 unspecified atom stereocenters. The first kappa shape index (κ1) is 23.9. The Morgan fingerprint density at radius 3 is 2.44 bits per heavy atom. The minimum Gasteiger partial charge on any atom is -0.325 e. The van der Waals surface area contributed by atoms with Crippen LogP contribution in [0.3, 0.4) is 0 Å². The zero-order valence-corrected chi connectivity index (χ0v) is 20.4. The van der Waals surface area contributed by atoms with Gasteiger partial charge in [-0.05, 0) is 61.2 Å². The smallest absolute Gasteiger partial charge is 0.269 e. The van der Waals surface area contributed by atoms with E-state index in [1.807, 2.05) is 42.5 Å². The van der Waals surface area contributed by atoms with Crippen LogP contribution in [-0.4, -0.2) is 34.5 Å². The van der Waals surface area contributed by atoms with Crippen molar-refractivity contribution in [3.05, 3.63) is 99.6 Å². The van der Waals surface area contributed by atoms with Crippen LogP contribution in [0.25, 0.3) is 0 Å². The van der Waals surface area contributed by atoms with Crippen molar-refractivity contribution in [2.45, 2.75) is 38.6 Å². The number of anilines is 1. The van der Waals surface area contributed by atoms with Crippen LogP contribution in [0, 0.1) is 16.0 Å². The topological polar surface area (TPSA) is 87.8 Å². The largest absolute Gasteiger partial charge is 0.325 e. The van der Waals surface area contributed by atoms with Gasteiger partial charge in [-0.1, -0.05) is 55.8 Å². The Labute approximate surface area is 211 Å². The van der Waals surface area contributed by atoms with E-state index in [1.165, 1.54) is 37.0 Å². The fourth-order valence-corrected chi connectivity index (χ4v) is 5.16. The maximum absolute atomic E-state index is 13.1. The van der Waals surface area contributed by atoms with Gasteiger partial charge in [-0.15, -0.1) is 0 Å². The third kappa shape index (κ3) is 5.06. The molecule has 0 radical (unpaired) electrons. The molecule has 2 aliphatic heterocycles. The van der Waals surface area contributed by atoms with Gasteiger partial charge in [0.1, 0.15) is 5.92 Å². The van der Waals surface area contributed by atoms with E-state index in [2.05, 4.69) is 29.3 Å². The summed E-state index contributed by atoms with van der Waals surface area (Å²) in [6, 6.07) is 22.2. The maximum Gasteiger partial charge on any atom is 0.269 e. The van der Waals surface area contributed by atoms with Crippen LogP contribution in [0.2, 0.25) is 0 Å². The number of aliphatic imine (C=N–C) groups is 1. The number of non-ortho nitro benzene ring substituents is 1. The number of amides is 1. The number of nitrogens with zero attached hydrogens (tertiary/aromatic N) is 3. The molecule has 184 valence electrons. The summed E-state index contributed by atoms with van der Waals surface area (Å²) < 4.78 is 0. The van der Waals surface area contributed by atoms with Crippen LogP contribution in [0.1, 0.15) is 48.8 Å². The number of carbonyl (C=O) groups is 1. The van der Waals surface area contributed by atoms with Gasteiger partial charge in [0.25, 0.3) is 5.69 Å². The lowest BCUT2D eigenvalue weighted by Gasteiger charge is -2.31. The monoisotopic (exact) mass is 482 g/mol. The molecule has 2 heterocycles. The van der Waals surface area contributed by atoms with Crippen molar-refractivity contribution >= 4 is 28.7 Å². The standard InChI is InChI=1S/C29H30N4O3/c1-2-20-14-16-32(17-15-20)19-21-8-10-23(11-9-21)30-28(22-6-4-3-5-7-22)27-25-18-24(33(35)36)12-13-26(25)31-29(27)34/h3-13,18,20,27H,2,14-17,19H2,1H3,(H,31,34). The van der Waals surface area contributed by atoms with Crippen molar-refractivity contribution in [3.8, 4) is 0 Å². The molecular formula is C29H30N4O3. The number of carbonyl (C=O) groups excluding carboxylic acids is 1. The number of piperidine rings is 1. The first-order valence-corrected chi connectivity index (χ1v) is 12.6. The van der Waals surface area contributed by atoms with Crippen molar-refractivity contribution in [3.63, 3.8) is 0 Å². The van der Waals surface area contributed by atoms with Crippen LogP contribution in [0.15, 0.2) is 77.8 Å². The lowest BCUT2D eigenvalue weighted by Crippen LogP contribution is -2.32. The molecule has 0 saturated carbocycles. The fourth-order valence-electron chi connectivity index (χ4n) is 5.16. The predicted molar refractivity (Wildman–Crippen MR) is 142 cm³/mol. The number of rotatable bonds is 7. The number of nitro benzene ring substituents is 1. The number of fused-ring (bicyclic) bond motifs is 1. The van der Waals surface area contributed by atoms with Gasteiger partial charge in [-0.25, -0.2) is 0 Å². The second-order valence-electron chi connectivity index (χ2n) is 9.61. The third-order valence-corrected chi connectivity index (χ3v) is 7.30. The molecule has 0 aliphatic carbocycles. The van der Waals surface area contributed by atoms with Gasteiger partial charge >= 0.3 is 0 Å². The molecule has 3 aromatic carbocycles. The van der Waals surface area contributed by atoms with E-state index in [-0.39, 0.29) is 11.6 Å². The number of hydrogen-bond acceptors (Lipinski definition) is 5. The first-order chi connectivity index (χ1) is 17.5. The van der Waals surface area contributed by atoms with Crippen LogP contribution < -0.4 is 5.32 Å². The first-order valence-electron chi connectivity index (χ1n) is 12.6. The SMILES string of the molecule is CCC1CCN(Cc2ccc(N=C(c3ccccc3)C3C(=O)Nc4ccc([N+](=O)[O-])cc43)cc2)CC1. The molecule has 1 atom stereocenters. The molecule has 3 aromatic rings. The molecule has 7 heteroatoms. The quantitative estimate of drug-likeness (QED) is 0.251. The number of nitro groups is 1. The molecular weight excluding hydrogens is 452 g/mol. The Kier molecular flexibility index (Phi) is 6.91. The summed E-state index contributed by atoms with van der Waals surface area (Å²) in [5, 5.41) is 14.3. The Morgan fingerprint density at radius 2 is 1.78 bits per heavy atom. The van der Waals surface area contributed by atoms with Crippen molar-refractivity contribution in [2.24, 2.45) is 10.9 Å². The lowest BCUT2D eigenvalue weighted by molar-refractivity contribution is -0.384. The number of hydrogen-bond donors (Lipinski definition) is 1. The van der Waals surface area contributed by atoms with Crippen LogP contribution in [0.4, 0.5) is 17.1 Å². The minimum atomic E-state index is -0.734. The highest BCUT2D eigenvalue weighted by atomic mass is 16.6. The van der Waals surface area contributed by atoms with Gasteiger partial charge in [0.15, 0.2) is 0 Å². The second-order valence-corrected chi connectivity index (χ2v) is 9.61. The number of likely N-dealkylation sites (tertiary alicyclic amines) is 1. The maximum atomic E-state index is 13.1. The summed E-state index contributed by atoms with van der Waals surface area (Å²) in [4.78, 5) is 31.4. The Morgan fingerprint density at radius 1 is 1.06 bits per heavy atom. The second kappa shape index (κ2) is 10.4. The van der Waals surface area contributed by atoms with E-state index in [0.29, 0.717) is 17.0 Å². The summed E-state index contributed by atoms with van der Waals surface area (Å²) in [5.41, 5.74) is 4.47. The van der Waals surface area contributed by atoms with E-state index in [4.69, 9.17) is 4.99 Å². The zero-order chi connectivity index (χ0) is 25.1. The molecule has 1 saturated heterocycles. The van der Waals surface area contributed by atoms with Crippen molar-refractivity contribution in [1.29, 1.82) is 0 Å². The fraction of sp³-hybridized carbons (Fsp3) is 0.310. The molecule has 2 aliphatic rings. The average Bonchev–Trinajstić information content (AvgIpc) is 3.24. The molecule has 0 bridgehead atoms. The van der Waals surface area contributed by atoms with Gasteiger partial charge in [-0.3, -0.25) is 24.8 Å². The highest BCUT2D eigenvalue weighted by molar-refractivity contribution is 6.24. The molecule has 1 amide bonds. The molecule has 1 N–H and O–H groups in total. The van der Waals surface area contributed by atoms with E-state index in [0.717, 1.165) is 36.8 Å². The lowest BCUT2D eigenvalue weighted by atomic mass is 9.90. The zero-order valence-electron chi connectivity index (χ0n) is 20.4. The average molecular weight is 483 g/mol. The van der Waals surface area contributed by atoms with E-state index < -0.39 is 10.8 Å². The van der Waals surface area contributed by atoms with Crippen LogP contribution in [0.5, 0.6) is 0 Å². The Balaban J connectivity index is 1.44. The Bertz CT molecular complexity index is 1280. The van der Waals surface area contributed by atoms with E-state index in [9.17, 15) is 14.9 Å². The van der Waals surface area contributed by atoms with Gasteiger partial charge in [0.2, 0.25) is 5.91 Å². The molecule has 0 spiro atoms. The van der Waals surface area contributed by atoms with Gasteiger partial charge in [0.05, 0.1) is 16.3 Å². The third-order valence-electron chi connectivity index (χ3n) is 7.30. The normalized spacial score (nSPS) is 18.6. The highest BCUT2D eigenvalue weighted by Crippen LogP contribution is 2.38. The number of benzene rings is 3. The van der Waals surface area contributed by atoms with Crippen molar-refractivity contribution < 1.29 is 9.72 Å². The molecule has 36 heavy (non-hydrogen) atoms. The number of nitrogens with one attached hydrogen (secondary N) is 1. The Hall–Kier alpha value is -3.84. The summed E-state index contributed by atoms with van der Waals surface area (Å²) in [6.45, 7) is 5.48. The van der Waals surface area contributed by atoms with E-state index >= 15 is 0 Å². The summed E-state index contributed by atoms with van der Waals surface area (Å²) in [7, 11) is 0. The summed E-state index contributed by atoms with van der Waals surface area (Å²) in [6.07, 6.45) is 3.80. The van der Waals surface area contributed by atoms with E-state index in [1.54, 1.807) is 6.07 Å². The van der Waals surface area contributed by atoms with Gasteiger partial charge in [-0.2, -0.15) is 0 Å². The van der Waals surface area contributed by atoms with Gasteiger partial charge < -0.3 is 5.32 Å². The van der Waals surface area contributed by atoms with Crippen LogP contribution in [-0.2, 0) is 11.3 Å². The van der Waals surface area contributed by atoms with Crippen LogP contribution >= 0.6 is 0 Å². The van der Waals surface area contributed by atoms with Crippen molar-refractivity contribution in [2.75, 3.05) is 18.4 Å². The predicted octanol–water partition coefficient (Wildman–Crippen LogP) is 6.07. The van der Waals surface area contributed by atoms with Crippen molar-refractivity contribution in [1.82, 2.24) is 4.90 Å². The molecule has 7 nitrogen and oxygen atoms in total. The minimum absolute atomic E-state index is 0.0463. The van der Waals surface area contributed by atoms with Gasteiger partial charge in [0, 0.05) is 29.9 Å². The summed E-state index contributed by atoms with van der Waals surface area (Å²) >= 11 is 0. The molecule has 5 rings (SSSR count). The summed E-state index contributed by atoms with van der Waals surface area (Å²) in [5.74, 6) is -0.115. The highest BCUT2D eigenvalue weighted by Gasteiger charge is 2.36. The molecule has 1 fully saturated rings. The molecule has 0 aromatic heterocycles.